The van der Waals surface area contributed by atoms with E-state index in [-0.39, 0.29) is 17.2 Å². The number of carbonyl (C=O) groups excluding carboxylic acids is 2. The van der Waals surface area contributed by atoms with Gasteiger partial charge in [-0.15, -0.1) is 0 Å². The number of hydrogen-bond donors (Lipinski definition) is 2. The lowest BCUT2D eigenvalue weighted by Crippen LogP contribution is -2.43. The first kappa shape index (κ1) is 19.1. The quantitative estimate of drug-likeness (QED) is 0.863. The van der Waals surface area contributed by atoms with Crippen molar-refractivity contribution in [1.82, 2.24) is 4.90 Å². The van der Waals surface area contributed by atoms with Gasteiger partial charge in [0, 0.05) is 22.4 Å². The van der Waals surface area contributed by atoms with Gasteiger partial charge in [0.05, 0.1) is 0 Å². The number of amides is 2. The van der Waals surface area contributed by atoms with Crippen LogP contribution < -0.4 is 10.6 Å². The lowest BCUT2D eigenvalue weighted by molar-refractivity contribution is -0.127. The minimum absolute atomic E-state index is 0.0395. The van der Waals surface area contributed by atoms with Crippen LogP contribution in [0.25, 0.3) is 0 Å². The van der Waals surface area contributed by atoms with Gasteiger partial charge in [-0.1, -0.05) is 30.7 Å². The molecule has 5 nitrogen and oxygen atoms in total. The molecule has 27 heavy (non-hydrogen) atoms. The highest BCUT2D eigenvalue weighted by molar-refractivity contribution is 6.04. The summed E-state index contributed by atoms with van der Waals surface area (Å²) in [6, 6.07) is 14.7. The van der Waals surface area contributed by atoms with Crippen LogP contribution in [0.4, 0.5) is 11.4 Å². The van der Waals surface area contributed by atoms with Gasteiger partial charge in [0.2, 0.25) is 5.91 Å². The van der Waals surface area contributed by atoms with Crippen LogP contribution in [0.1, 0.15) is 35.7 Å². The standard InChI is InChI=1S/C22H27N3O2/c1-16-7-9-17(10-8-16)20(26)23-18-5-4-6-19(15-18)24-21(27)22(2)11-13-25(3)14-12-22/h4-10,15H,11-14H2,1-3H3,(H,23,26)(H,24,27). The van der Waals surface area contributed by atoms with E-state index in [1.807, 2.05) is 44.2 Å². The third-order valence-electron chi connectivity index (χ3n) is 5.33. The smallest absolute Gasteiger partial charge is 0.255 e. The average Bonchev–Trinajstić information content (AvgIpc) is 2.65. The second-order valence-electron chi connectivity index (χ2n) is 7.72. The first-order valence-electron chi connectivity index (χ1n) is 9.34. The Morgan fingerprint density at radius 1 is 0.963 bits per heavy atom. The fraction of sp³-hybridized carbons (Fsp3) is 0.364. The summed E-state index contributed by atoms with van der Waals surface area (Å²) in [4.78, 5) is 27.4. The van der Waals surface area contributed by atoms with Crippen LogP contribution in [-0.4, -0.2) is 36.9 Å². The highest BCUT2D eigenvalue weighted by Crippen LogP contribution is 2.32. The molecule has 2 amide bonds. The molecule has 5 heteroatoms. The van der Waals surface area contributed by atoms with Gasteiger partial charge in [-0.25, -0.2) is 0 Å². The number of likely N-dealkylation sites (tertiary alicyclic amines) is 1. The van der Waals surface area contributed by atoms with Gasteiger partial charge < -0.3 is 15.5 Å². The zero-order valence-corrected chi connectivity index (χ0v) is 16.2. The Labute approximate surface area is 160 Å². The first-order chi connectivity index (χ1) is 12.9. The Morgan fingerprint density at radius 3 is 2.19 bits per heavy atom. The van der Waals surface area contributed by atoms with Crippen molar-refractivity contribution in [3.63, 3.8) is 0 Å². The van der Waals surface area contributed by atoms with Gasteiger partial charge in [-0.2, -0.15) is 0 Å². The Morgan fingerprint density at radius 2 is 1.56 bits per heavy atom. The van der Waals surface area contributed by atoms with E-state index in [2.05, 4.69) is 22.6 Å². The molecule has 0 atom stereocenters. The molecular weight excluding hydrogens is 338 g/mol. The zero-order valence-electron chi connectivity index (χ0n) is 16.2. The summed E-state index contributed by atoms with van der Waals surface area (Å²) in [6.45, 7) is 5.87. The number of carbonyl (C=O) groups is 2. The summed E-state index contributed by atoms with van der Waals surface area (Å²) < 4.78 is 0. The molecule has 0 aromatic heterocycles. The van der Waals surface area contributed by atoms with Gasteiger partial charge in [-0.3, -0.25) is 9.59 Å². The normalized spacial score (nSPS) is 16.6. The van der Waals surface area contributed by atoms with Crippen LogP contribution in [0.5, 0.6) is 0 Å². The van der Waals surface area contributed by atoms with Crippen LogP contribution in [0.15, 0.2) is 48.5 Å². The minimum atomic E-state index is -0.354. The van der Waals surface area contributed by atoms with Crippen molar-refractivity contribution in [3.05, 3.63) is 59.7 Å². The van der Waals surface area contributed by atoms with E-state index < -0.39 is 0 Å². The maximum atomic E-state index is 12.8. The summed E-state index contributed by atoms with van der Waals surface area (Å²) in [6.07, 6.45) is 1.69. The number of hydrogen-bond acceptors (Lipinski definition) is 3. The Balaban J connectivity index is 1.65. The molecule has 2 aromatic carbocycles. The van der Waals surface area contributed by atoms with Crippen molar-refractivity contribution in [2.24, 2.45) is 5.41 Å². The summed E-state index contributed by atoms with van der Waals surface area (Å²) >= 11 is 0. The minimum Gasteiger partial charge on any atom is -0.326 e. The maximum absolute atomic E-state index is 12.8. The largest absolute Gasteiger partial charge is 0.326 e. The third-order valence-corrected chi connectivity index (χ3v) is 5.33. The molecule has 1 heterocycles. The van der Waals surface area contributed by atoms with Gasteiger partial charge in [0.25, 0.3) is 5.91 Å². The fourth-order valence-corrected chi connectivity index (χ4v) is 3.20. The predicted octanol–water partition coefficient (Wildman–Crippen LogP) is 3.92. The van der Waals surface area contributed by atoms with Gasteiger partial charge >= 0.3 is 0 Å². The van der Waals surface area contributed by atoms with Crippen LogP contribution >= 0.6 is 0 Å². The molecule has 1 fully saturated rings. The number of rotatable bonds is 4. The molecule has 0 aliphatic carbocycles. The molecule has 1 aliphatic rings. The van der Waals surface area contributed by atoms with E-state index in [0.29, 0.717) is 16.9 Å². The molecule has 3 rings (SSSR count). The number of nitrogens with zero attached hydrogens (tertiary/aromatic N) is 1. The number of anilines is 2. The van der Waals surface area contributed by atoms with Crippen molar-refractivity contribution in [2.45, 2.75) is 26.7 Å². The van der Waals surface area contributed by atoms with Crippen LogP contribution in [0.3, 0.4) is 0 Å². The maximum Gasteiger partial charge on any atom is 0.255 e. The van der Waals surface area contributed by atoms with Crippen LogP contribution in [0, 0.1) is 12.3 Å². The molecule has 1 saturated heterocycles. The second-order valence-corrected chi connectivity index (χ2v) is 7.72. The molecule has 1 aliphatic heterocycles. The van der Waals surface area contributed by atoms with Gasteiger partial charge in [-0.05, 0) is 70.2 Å². The SMILES string of the molecule is Cc1ccc(C(=O)Nc2cccc(NC(=O)C3(C)CCN(C)CC3)c2)cc1. The molecule has 2 aromatic rings. The lowest BCUT2D eigenvalue weighted by Gasteiger charge is -2.36. The molecule has 0 radical (unpaired) electrons. The topological polar surface area (TPSA) is 61.4 Å². The predicted molar refractivity (Wildman–Crippen MR) is 109 cm³/mol. The summed E-state index contributed by atoms with van der Waals surface area (Å²) in [5, 5.41) is 5.91. The second kappa shape index (κ2) is 7.92. The zero-order chi connectivity index (χ0) is 19.4. The lowest BCUT2D eigenvalue weighted by atomic mass is 9.79. The van der Waals surface area contributed by atoms with Crippen LogP contribution in [0.2, 0.25) is 0 Å². The van der Waals surface area contributed by atoms with E-state index in [4.69, 9.17) is 0 Å². The van der Waals surface area contributed by atoms with Crippen molar-refractivity contribution in [2.75, 3.05) is 30.8 Å². The highest BCUT2D eigenvalue weighted by Gasteiger charge is 2.36. The molecular formula is C22H27N3O2. The third kappa shape index (κ3) is 4.74. The number of piperidine rings is 1. The molecule has 142 valence electrons. The number of aryl methyl sites for hydroxylation is 1. The summed E-state index contributed by atoms with van der Waals surface area (Å²) in [5.74, 6) is -0.127. The summed E-state index contributed by atoms with van der Waals surface area (Å²) in [7, 11) is 2.08. The Kier molecular flexibility index (Phi) is 5.61. The van der Waals surface area contributed by atoms with E-state index in [1.54, 1.807) is 18.2 Å². The number of nitrogens with one attached hydrogen (secondary N) is 2. The van der Waals surface area contributed by atoms with Crippen molar-refractivity contribution in [3.8, 4) is 0 Å². The van der Waals surface area contributed by atoms with Crippen LogP contribution in [-0.2, 0) is 4.79 Å². The van der Waals surface area contributed by atoms with E-state index >= 15 is 0 Å². The molecule has 0 bridgehead atoms. The first-order valence-corrected chi connectivity index (χ1v) is 9.34. The van der Waals surface area contributed by atoms with Gasteiger partial charge in [0.15, 0.2) is 0 Å². The van der Waals surface area contributed by atoms with E-state index in [0.717, 1.165) is 31.5 Å². The van der Waals surface area contributed by atoms with Crippen molar-refractivity contribution >= 4 is 23.2 Å². The number of benzene rings is 2. The highest BCUT2D eigenvalue weighted by atomic mass is 16.2. The molecule has 2 N–H and O–H groups in total. The average molecular weight is 365 g/mol. The monoisotopic (exact) mass is 365 g/mol. The molecule has 0 saturated carbocycles. The fourth-order valence-electron chi connectivity index (χ4n) is 3.20. The molecule has 0 unspecified atom stereocenters. The van der Waals surface area contributed by atoms with Gasteiger partial charge in [0.1, 0.15) is 0 Å². The Hall–Kier alpha value is -2.66. The van der Waals surface area contributed by atoms with E-state index in [1.165, 1.54) is 0 Å². The Bertz CT molecular complexity index is 822. The van der Waals surface area contributed by atoms with E-state index in [9.17, 15) is 9.59 Å². The van der Waals surface area contributed by atoms with Crippen molar-refractivity contribution < 1.29 is 9.59 Å². The molecule has 0 spiro atoms. The van der Waals surface area contributed by atoms with Crippen molar-refractivity contribution in [1.29, 1.82) is 0 Å². The summed E-state index contributed by atoms with van der Waals surface area (Å²) in [5.41, 5.74) is 2.72.